The van der Waals surface area contributed by atoms with E-state index < -0.39 is 0 Å². The normalized spacial score (nSPS) is 25.4. The summed E-state index contributed by atoms with van der Waals surface area (Å²) >= 11 is 0. The van der Waals surface area contributed by atoms with E-state index in [-0.39, 0.29) is 12.1 Å². The van der Waals surface area contributed by atoms with Crippen molar-refractivity contribution in [3.05, 3.63) is 29.3 Å². The molecular formula is C13H19NO2. The maximum Gasteiger partial charge on any atom is 0.121 e. The summed E-state index contributed by atoms with van der Waals surface area (Å²) in [6.07, 6.45) is 2.14. The second kappa shape index (κ2) is 4.85. The van der Waals surface area contributed by atoms with Crippen LogP contribution in [0.1, 0.15) is 30.1 Å². The van der Waals surface area contributed by atoms with Crippen molar-refractivity contribution in [3.63, 3.8) is 0 Å². The van der Waals surface area contributed by atoms with Crippen molar-refractivity contribution in [3.8, 4) is 5.75 Å². The lowest BCUT2D eigenvalue weighted by Crippen LogP contribution is -2.34. The molecule has 1 saturated heterocycles. The zero-order valence-corrected chi connectivity index (χ0v) is 9.90. The molecular weight excluding hydrogens is 202 g/mol. The van der Waals surface area contributed by atoms with E-state index in [2.05, 4.69) is 6.07 Å². The molecule has 3 nitrogen and oxygen atoms in total. The van der Waals surface area contributed by atoms with Gasteiger partial charge in [-0.2, -0.15) is 0 Å². The highest BCUT2D eigenvalue weighted by molar-refractivity contribution is 5.37. The second-order valence-electron chi connectivity index (χ2n) is 4.33. The van der Waals surface area contributed by atoms with Crippen molar-refractivity contribution in [1.82, 2.24) is 0 Å². The molecule has 2 rings (SSSR count). The van der Waals surface area contributed by atoms with Gasteiger partial charge in [0.05, 0.1) is 13.2 Å². The molecule has 88 valence electrons. The summed E-state index contributed by atoms with van der Waals surface area (Å²) in [4.78, 5) is 0. The summed E-state index contributed by atoms with van der Waals surface area (Å²) in [5.74, 6) is 0.910. The number of benzene rings is 1. The van der Waals surface area contributed by atoms with Crippen LogP contribution in [0.25, 0.3) is 0 Å². The van der Waals surface area contributed by atoms with Gasteiger partial charge >= 0.3 is 0 Å². The van der Waals surface area contributed by atoms with Crippen LogP contribution < -0.4 is 10.5 Å². The van der Waals surface area contributed by atoms with Crippen molar-refractivity contribution in [2.45, 2.75) is 31.9 Å². The maximum absolute atomic E-state index is 6.08. The standard InChI is InChI=1S/C13H19NO2/c1-9-8-10(5-6-12(9)15-2)13-11(14)4-3-7-16-13/h5-6,8,11,13H,3-4,7,14H2,1-2H3. The topological polar surface area (TPSA) is 44.5 Å². The van der Waals surface area contributed by atoms with Crippen molar-refractivity contribution >= 4 is 0 Å². The highest BCUT2D eigenvalue weighted by atomic mass is 16.5. The minimum atomic E-state index is 0.0401. The molecule has 0 spiro atoms. The Morgan fingerprint density at radius 2 is 2.25 bits per heavy atom. The Hall–Kier alpha value is -1.06. The number of rotatable bonds is 2. The number of nitrogens with two attached hydrogens (primary N) is 1. The van der Waals surface area contributed by atoms with Crippen LogP contribution in [0.5, 0.6) is 5.75 Å². The van der Waals surface area contributed by atoms with Gasteiger partial charge in [0.25, 0.3) is 0 Å². The summed E-state index contributed by atoms with van der Waals surface area (Å²) < 4.78 is 11.0. The van der Waals surface area contributed by atoms with Gasteiger partial charge in [0.15, 0.2) is 0 Å². The van der Waals surface area contributed by atoms with Crippen LogP contribution in [0.4, 0.5) is 0 Å². The van der Waals surface area contributed by atoms with Gasteiger partial charge < -0.3 is 15.2 Å². The monoisotopic (exact) mass is 221 g/mol. The fourth-order valence-corrected chi connectivity index (χ4v) is 2.23. The molecule has 0 aromatic heterocycles. The molecule has 1 aliphatic heterocycles. The fraction of sp³-hybridized carbons (Fsp3) is 0.538. The Morgan fingerprint density at radius 3 is 2.88 bits per heavy atom. The van der Waals surface area contributed by atoms with Crippen LogP contribution in [0, 0.1) is 6.92 Å². The molecule has 1 aliphatic rings. The SMILES string of the molecule is COc1ccc(C2OCCCC2N)cc1C. The van der Waals surface area contributed by atoms with Gasteiger partial charge in [-0.25, -0.2) is 0 Å². The smallest absolute Gasteiger partial charge is 0.121 e. The Kier molecular flexibility index (Phi) is 3.46. The lowest BCUT2D eigenvalue weighted by Gasteiger charge is -2.29. The first-order valence-electron chi connectivity index (χ1n) is 5.74. The van der Waals surface area contributed by atoms with Crippen LogP contribution in [-0.4, -0.2) is 19.8 Å². The minimum Gasteiger partial charge on any atom is -0.496 e. The molecule has 3 heteroatoms. The van der Waals surface area contributed by atoms with E-state index in [4.69, 9.17) is 15.2 Å². The Morgan fingerprint density at radius 1 is 1.44 bits per heavy atom. The van der Waals surface area contributed by atoms with Crippen LogP contribution >= 0.6 is 0 Å². The van der Waals surface area contributed by atoms with Gasteiger partial charge in [-0.3, -0.25) is 0 Å². The van der Waals surface area contributed by atoms with E-state index in [1.54, 1.807) is 7.11 Å². The highest BCUT2D eigenvalue weighted by Gasteiger charge is 2.24. The van der Waals surface area contributed by atoms with E-state index in [1.165, 1.54) is 0 Å². The van der Waals surface area contributed by atoms with E-state index >= 15 is 0 Å². The van der Waals surface area contributed by atoms with Gasteiger partial charge in [-0.05, 0) is 43.0 Å². The molecule has 0 saturated carbocycles. The number of ether oxygens (including phenoxy) is 2. The zero-order chi connectivity index (χ0) is 11.5. The lowest BCUT2D eigenvalue weighted by molar-refractivity contribution is 0.0000942. The Balaban J connectivity index is 2.22. The number of methoxy groups -OCH3 is 1. The molecule has 0 radical (unpaired) electrons. The Bertz CT molecular complexity index is 365. The average molecular weight is 221 g/mol. The summed E-state index contributed by atoms with van der Waals surface area (Å²) in [5, 5.41) is 0. The molecule has 2 unspecified atom stereocenters. The maximum atomic E-state index is 6.08. The summed E-state index contributed by atoms with van der Waals surface area (Å²) in [6, 6.07) is 6.24. The predicted octanol–water partition coefficient (Wildman–Crippen LogP) is 2.18. The third kappa shape index (κ3) is 2.20. The fourth-order valence-electron chi connectivity index (χ4n) is 2.23. The van der Waals surface area contributed by atoms with Gasteiger partial charge in [-0.15, -0.1) is 0 Å². The van der Waals surface area contributed by atoms with E-state index in [0.717, 1.165) is 36.3 Å². The number of hydrogen-bond donors (Lipinski definition) is 1. The lowest BCUT2D eigenvalue weighted by atomic mass is 9.95. The first-order valence-corrected chi connectivity index (χ1v) is 5.74. The van der Waals surface area contributed by atoms with E-state index in [9.17, 15) is 0 Å². The van der Waals surface area contributed by atoms with Gasteiger partial charge in [0.2, 0.25) is 0 Å². The molecule has 1 aromatic carbocycles. The van der Waals surface area contributed by atoms with Gasteiger partial charge in [-0.1, -0.05) is 6.07 Å². The predicted molar refractivity (Wildman–Crippen MR) is 63.6 cm³/mol. The number of aryl methyl sites for hydroxylation is 1. The van der Waals surface area contributed by atoms with Crippen LogP contribution in [0.2, 0.25) is 0 Å². The van der Waals surface area contributed by atoms with Gasteiger partial charge in [0.1, 0.15) is 5.75 Å². The third-order valence-corrected chi connectivity index (χ3v) is 3.12. The molecule has 16 heavy (non-hydrogen) atoms. The molecule has 2 N–H and O–H groups in total. The largest absolute Gasteiger partial charge is 0.496 e. The van der Waals surface area contributed by atoms with E-state index in [1.807, 2.05) is 19.1 Å². The summed E-state index contributed by atoms with van der Waals surface area (Å²) in [5.41, 5.74) is 8.36. The zero-order valence-electron chi connectivity index (χ0n) is 9.90. The van der Waals surface area contributed by atoms with Crippen molar-refractivity contribution < 1.29 is 9.47 Å². The highest BCUT2D eigenvalue weighted by Crippen LogP contribution is 2.30. The van der Waals surface area contributed by atoms with Crippen molar-refractivity contribution in [1.29, 1.82) is 0 Å². The van der Waals surface area contributed by atoms with Crippen LogP contribution in [0.3, 0.4) is 0 Å². The molecule has 1 heterocycles. The molecule has 2 atom stereocenters. The number of hydrogen-bond acceptors (Lipinski definition) is 3. The quantitative estimate of drug-likeness (QED) is 0.832. The van der Waals surface area contributed by atoms with Gasteiger partial charge in [0, 0.05) is 12.6 Å². The molecule has 1 fully saturated rings. The molecule has 0 aliphatic carbocycles. The second-order valence-corrected chi connectivity index (χ2v) is 4.33. The third-order valence-electron chi connectivity index (χ3n) is 3.12. The van der Waals surface area contributed by atoms with Crippen molar-refractivity contribution in [2.24, 2.45) is 5.73 Å². The molecule has 0 amide bonds. The summed E-state index contributed by atoms with van der Waals surface area (Å²) in [7, 11) is 1.69. The Labute approximate surface area is 96.5 Å². The van der Waals surface area contributed by atoms with E-state index in [0.29, 0.717) is 0 Å². The molecule has 1 aromatic rings. The molecule has 0 bridgehead atoms. The average Bonchev–Trinajstić information content (AvgIpc) is 2.29. The van der Waals surface area contributed by atoms with Crippen LogP contribution in [-0.2, 0) is 4.74 Å². The van der Waals surface area contributed by atoms with Crippen LogP contribution in [0.15, 0.2) is 18.2 Å². The first kappa shape index (κ1) is 11.4. The minimum absolute atomic E-state index is 0.0401. The van der Waals surface area contributed by atoms with Crippen molar-refractivity contribution in [2.75, 3.05) is 13.7 Å². The summed E-state index contributed by atoms with van der Waals surface area (Å²) in [6.45, 7) is 2.85. The first-order chi connectivity index (χ1) is 7.72.